The predicted octanol–water partition coefficient (Wildman–Crippen LogP) is 2.42. The molecule has 110 valence electrons. The maximum absolute atomic E-state index is 11.0. The van der Waals surface area contributed by atoms with Crippen LogP contribution in [0.2, 0.25) is 0 Å². The topological polar surface area (TPSA) is 49.8 Å². The van der Waals surface area contributed by atoms with E-state index in [1.807, 2.05) is 18.2 Å². The molecule has 0 aromatic heterocycles. The maximum atomic E-state index is 11.0. The summed E-state index contributed by atoms with van der Waals surface area (Å²) in [6.45, 7) is 3.50. The largest absolute Gasteiger partial charge is 0.496 e. The molecule has 2 rings (SSSR count). The molecule has 1 aliphatic rings. The van der Waals surface area contributed by atoms with E-state index in [2.05, 4.69) is 11.0 Å². The van der Waals surface area contributed by atoms with Crippen LogP contribution in [0.1, 0.15) is 25.3 Å². The molecule has 0 aliphatic carbocycles. The third-order valence-corrected chi connectivity index (χ3v) is 4.26. The molecule has 0 amide bonds. The van der Waals surface area contributed by atoms with Gasteiger partial charge in [-0.2, -0.15) is 0 Å². The summed E-state index contributed by atoms with van der Waals surface area (Å²) in [5, 5.41) is 9.05. The van der Waals surface area contributed by atoms with E-state index < -0.39 is 5.97 Å². The minimum Gasteiger partial charge on any atom is -0.496 e. The molecule has 4 nitrogen and oxygen atoms in total. The first-order chi connectivity index (χ1) is 9.61. The number of methoxy groups -OCH3 is 1. The Morgan fingerprint density at radius 3 is 2.65 bits per heavy atom. The minimum atomic E-state index is -0.729. The van der Waals surface area contributed by atoms with Crippen molar-refractivity contribution < 1.29 is 14.6 Å². The monoisotopic (exact) mass is 277 g/mol. The predicted molar refractivity (Wildman–Crippen MR) is 78.1 cm³/mol. The number of likely N-dealkylation sites (tertiary alicyclic amines) is 1. The summed E-state index contributed by atoms with van der Waals surface area (Å²) >= 11 is 0. The van der Waals surface area contributed by atoms with Crippen molar-refractivity contribution in [1.29, 1.82) is 0 Å². The quantitative estimate of drug-likeness (QED) is 0.898. The van der Waals surface area contributed by atoms with Crippen LogP contribution in [0.3, 0.4) is 0 Å². The first-order valence-electron chi connectivity index (χ1n) is 7.20. The Balaban J connectivity index is 1.90. The van der Waals surface area contributed by atoms with Crippen molar-refractivity contribution in [2.75, 3.05) is 20.2 Å². The van der Waals surface area contributed by atoms with E-state index in [0.717, 1.165) is 38.1 Å². The first-order valence-corrected chi connectivity index (χ1v) is 7.20. The number of hydrogen-bond acceptors (Lipinski definition) is 3. The Morgan fingerprint density at radius 1 is 1.40 bits per heavy atom. The molecule has 1 atom stereocenters. The van der Waals surface area contributed by atoms with Crippen LogP contribution in [0.25, 0.3) is 0 Å². The molecule has 1 N–H and O–H groups in total. The third kappa shape index (κ3) is 3.51. The summed E-state index contributed by atoms with van der Waals surface area (Å²) in [6, 6.07) is 7.77. The van der Waals surface area contributed by atoms with E-state index >= 15 is 0 Å². The number of piperidine rings is 1. The molecule has 1 aliphatic heterocycles. The van der Waals surface area contributed by atoms with Crippen LogP contribution in [-0.2, 0) is 11.2 Å². The van der Waals surface area contributed by atoms with Gasteiger partial charge in [0.15, 0.2) is 0 Å². The van der Waals surface area contributed by atoms with Crippen molar-refractivity contribution in [3.05, 3.63) is 29.8 Å². The van der Waals surface area contributed by atoms with Crippen molar-refractivity contribution >= 4 is 5.97 Å². The molecule has 1 saturated heterocycles. The normalized spacial score (nSPS) is 18.7. The molecular formula is C16H23NO3. The second kappa shape index (κ2) is 6.75. The molecule has 0 saturated carbocycles. The SMILES string of the molecule is COc1ccccc1CC1CCN(C(C)C(=O)O)CC1. The number of hydrogen-bond donors (Lipinski definition) is 1. The van der Waals surface area contributed by atoms with E-state index in [1.165, 1.54) is 5.56 Å². The Hall–Kier alpha value is -1.55. The van der Waals surface area contributed by atoms with Crippen LogP contribution in [-0.4, -0.2) is 42.2 Å². The maximum Gasteiger partial charge on any atom is 0.320 e. The smallest absolute Gasteiger partial charge is 0.320 e. The molecule has 20 heavy (non-hydrogen) atoms. The van der Waals surface area contributed by atoms with Gasteiger partial charge in [-0.05, 0) is 56.8 Å². The van der Waals surface area contributed by atoms with Crippen molar-refractivity contribution in [1.82, 2.24) is 4.90 Å². The second-order valence-electron chi connectivity index (χ2n) is 5.51. The van der Waals surface area contributed by atoms with Gasteiger partial charge in [0.2, 0.25) is 0 Å². The molecule has 1 unspecified atom stereocenters. The van der Waals surface area contributed by atoms with Gasteiger partial charge in [0.05, 0.1) is 7.11 Å². The molecule has 1 heterocycles. The van der Waals surface area contributed by atoms with Crippen LogP contribution < -0.4 is 4.74 Å². The number of ether oxygens (including phenoxy) is 1. The van der Waals surface area contributed by atoms with Crippen LogP contribution in [0.5, 0.6) is 5.75 Å². The minimum absolute atomic E-state index is 0.373. The summed E-state index contributed by atoms with van der Waals surface area (Å²) < 4.78 is 5.39. The van der Waals surface area contributed by atoms with Crippen LogP contribution in [0, 0.1) is 5.92 Å². The van der Waals surface area contributed by atoms with Crippen LogP contribution in [0.15, 0.2) is 24.3 Å². The van der Waals surface area contributed by atoms with Crippen molar-refractivity contribution in [3.8, 4) is 5.75 Å². The fourth-order valence-corrected chi connectivity index (χ4v) is 2.88. The van der Waals surface area contributed by atoms with Gasteiger partial charge >= 0.3 is 5.97 Å². The molecule has 4 heteroatoms. The van der Waals surface area contributed by atoms with Gasteiger partial charge in [-0.15, -0.1) is 0 Å². The van der Waals surface area contributed by atoms with Gasteiger partial charge in [-0.3, -0.25) is 9.69 Å². The summed E-state index contributed by atoms with van der Waals surface area (Å²) in [5.74, 6) is 0.838. The van der Waals surface area contributed by atoms with Gasteiger partial charge in [0.1, 0.15) is 11.8 Å². The zero-order valence-corrected chi connectivity index (χ0v) is 12.2. The Kier molecular flexibility index (Phi) is 5.01. The average molecular weight is 277 g/mol. The van der Waals surface area contributed by atoms with Gasteiger partial charge < -0.3 is 9.84 Å². The molecular weight excluding hydrogens is 254 g/mol. The number of para-hydroxylation sites is 1. The Morgan fingerprint density at radius 2 is 2.05 bits per heavy atom. The van der Waals surface area contributed by atoms with Crippen molar-refractivity contribution in [2.45, 2.75) is 32.2 Å². The zero-order chi connectivity index (χ0) is 14.5. The van der Waals surface area contributed by atoms with E-state index in [0.29, 0.717) is 5.92 Å². The summed E-state index contributed by atoms with van der Waals surface area (Å²) in [7, 11) is 1.70. The summed E-state index contributed by atoms with van der Waals surface area (Å²) in [6.07, 6.45) is 3.12. The highest BCUT2D eigenvalue weighted by atomic mass is 16.5. The lowest BCUT2D eigenvalue weighted by atomic mass is 9.89. The highest BCUT2D eigenvalue weighted by molar-refractivity contribution is 5.72. The van der Waals surface area contributed by atoms with Gasteiger partial charge in [-0.25, -0.2) is 0 Å². The number of carbonyl (C=O) groups is 1. The lowest BCUT2D eigenvalue weighted by molar-refractivity contribution is -0.143. The molecule has 1 fully saturated rings. The highest BCUT2D eigenvalue weighted by Gasteiger charge is 2.26. The van der Waals surface area contributed by atoms with E-state index in [-0.39, 0.29) is 6.04 Å². The summed E-state index contributed by atoms with van der Waals surface area (Å²) in [4.78, 5) is 13.1. The fraction of sp³-hybridized carbons (Fsp3) is 0.562. The number of carboxylic acids is 1. The molecule has 0 spiro atoms. The summed E-state index contributed by atoms with van der Waals surface area (Å²) in [5.41, 5.74) is 1.25. The van der Waals surface area contributed by atoms with Crippen LogP contribution >= 0.6 is 0 Å². The molecule has 0 bridgehead atoms. The standard InChI is InChI=1S/C16H23NO3/c1-12(16(18)19)17-9-7-13(8-10-17)11-14-5-3-4-6-15(14)20-2/h3-6,12-13H,7-11H2,1-2H3,(H,18,19). The number of benzene rings is 1. The Bertz CT molecular complexity index is 453. The van der Waals surface area contributed by atoms with Gasteiger partial charge in [0.25, 0.3) is 0 Å². The molecule has 0 radical (unpaired) electrons. The van der Waals surface area contributed by atoms with E-state index in [9.17, 15) is 4.79 Å². The molecule has 1 aromatic rings. The zero-order valence-electron chi connectivity index (χ0n) is 12.2. The van der Waals surface area contributed by atoms with Gasteiger partial charge in [-0.1, -0.05) is 18.2 Å². The van der Waals surface area contributed by atoms with Crippen molar-refractivity contribution in [3.63, 3.8) is 0 Å². The third-order valence-electron chi connectivity index (χ3n) is 4.26. The number of rotatable bonds is 5. The second-order valence-corrected chi connectivity index (χ2v) is 5.51. The van der Waals surface area contributed by atoms with E-state index in [1.54, 1.807) is 14.0 Å². The van der Waals surface area contributed by atoms with E-state index in [4.69, 9.17) is 9.84 Å². The Labute approximate surface area is 120 Å². The van der Waals surface area contributed by atoms with Crippen molar-refractivity contribution in [2.24, 2.45) is 5.92 Å². The fourth-order valence-electron chi connectivity index (χ4n) is 2.88. The van der Waals surface area contributed by atoms with Gasteiger partial charge in [0, 0.05) is 0 Å². The van der Waals surface area contributed by atoms with Crippen LogP contribution in [0.4, 0.5) is 0 Å². The molecule has 1 aromatic carbocycles. The number of aliphatic carboxylic acids is 1. The number of carboxylic acid groups (broad SMARTS) is 1. The lowest BCUT2D eigenvalue weighted by Gasteiger charge is -2.34. The lowest BCUT2D eigenvalue weighted by Crippen LogP contribution is -2.44. The number of nitrogens with zero attached hydrogens (tertiary/aromatic N) is 1. The first kappa shape index (κ1) is 14.9. The highest BCUT2D eigenvalue weighted by Crippen LogP contribution is 2.27. The average Bonchev–Trinajstić information content (AvgIpc) is 2.48.